The molecule has 2 atom stereocenters. The molecule has 2 unspecified atom stereocenters. The van der Waals surface area contributed by atoms with Crippen LogP contribution in [-0.2, 0) is 0 Å². The molecule has 0 bridgehead atoms. The van der Waals surface area contributed by atoms with E-state index in [0.29, 0.717) is 5.38 Å². The fourth-order valence-electron chi connectivity index (χ4n) is 1.23. The molecule has 0 aromatic carbocycles. The minimum atomic E-state index is 0.304. The van der Waals surface area contributed by atoms with Crippen molar-refractivity contribution in [3.8, 4) is 0 Å². The Labute approximate surface area is 81.9 Å². The van der Waals surface area contributed by atoms with Crippen molar-refractivity contribution in [1.82, 2.24) is 5.32 Å². The van der Waals surface area contributed by atoms with Gasteiger partial charge in [0.2, 0.25) is 0 Å². The van der Waals surface area contributed by atoms with Crippen LogP contribution in [0, 0.1) is 5.92 Å². The van der Waals surface area contributed by atoms with E-state index in [0.717, 1.165) is 25.4 Å². The third-order valence-electron chi connectivity index (χ3n) is 2.08. The van der Waals surface area contributed by atoms with Gasteiger partial charge in [-0.1, -0.05) is 27.2 Å². The molecular weight excluding hydrogens is 170 g/mol. The van der Waals surface area contributed by atoms with Gasteiger partial charge in [-0.2, -0.15) is 0 Å². The fourth-order valence-corrected chi connectivity index (χ4v) is 1.33. The second-order valence-corrected chi connectivity index (χ2v) is 4.17. The van der Waals surface area contributed by atoms with Crippen molar-refractivity contribution in [2.24, 2.45) is 5.92 Å². The Balaban J connectivity index is 3.18. The first-order chi connectivity index (χ1) is 5.70. The molecule has 0 aliphatic carbocycles. The molecule has 0 heterocycles. The lowest BCUT2D eigenvalue weighted by molar-refractivity contribution is 0.473. The van der Waals surface area contributed by atoms with Crippen LogP contribution in [0.2, 0.25) is 0 Å². The number of nitrogens with one attached hydrogen (secondary N) is 1. The van der Waals surface area contributed by atoms with Crippen molar-refractivity contribution in [2.45, 2.75) is 45.4 Å². The fraction of sp³-hybridized carbons (Fsp3) is 1.00. The van der Waals surface area contributed by atoms with Gasteiger partial charge in [-0.25, -0.2) is 0 Å². The quantitative estimate of drug-likeness (QED) is 0.611. The summed E-state index contributed by atoms with van der Waals surface area (Å²) in [5, 5.41) is 3.69. The number of halogens is 1. The van der Waals surface area contributed by atoms with Crippen molar-refractivity contribution >= 4 is 11.6 Å². The summed E-state index contributed by atoms with van der Waals surface area (Å²) in [6, 6.07) is 0. The van der Waals surface area contributed by atoms with Crippen LogP contribution in [0.25, 0.3) is 0 Å². The number of hydrogen-bond acceptors (Lipinski definition) is 1. The van der Waals surface area contributed by atoms with Gasteiger partial charge < -0.3 is 5.32 Å². The van der Waals surface area contributed by atoms with Crippen molar-refractivity contribution in [3.63, 3.8) is 0 Å². The van der Waals surface area contributed by atoms with E-state index in [2.05, 4.69) is 26.1 Å². The van der Waals surface area contributed by atoms with Crippen LogP contribution in [0.1, 0.15) is 40.0 Å². The molecule has 0 rings (SSSR count). The molecule has 74 valence electrons. The minimum absolute atomic E-state index is 0.304. The second-order valence-electron chi connectivity index (χ2n) is 3.56. The summed E-state index contributed by atoms with van der Waals surface area (Å²) in [7, 11) is 0. The zero-order valence-electron chi connectivity index (χ0n) is 8.57. The average molecular weight is 192 g/mol. The minimum Gasteiger partial charge on any atom is -0.315 e. The van der Waals surface area contributed by atoms with Gasteiger partial charge >= 0.3 is 0 Å². The van der Waals surface area contributed by atoms with Crippen LogP contribution in [0.15, 0.2) is 0 Å². The molecule has 0 fully saturated rings. The molecule has 0 aromatic rings. The molecule has 0 aliphatic rings. The number of hydrogen-bond donors (Lipinski definition) is 1. The first-order valence-electron chi connectivity index (χ1n) is 5.05. The van der Waals surface area contributed by atoms with Crippen LogP contribution in [0.3, 0.4) is 0 Å². The highest BCUT2D eigenvalue weighted by Gasteiger charge is 2.02. The molecule has 0 aromatic heterocycles. The van der Waals surface area contributed by atoms with E-state index in [9.17, 15) is 0 Å². The maximum absolute atomic E-state index is 5.96. The molecule has 0 saturated heterocycles. The van der Waals surface area contributed by atoms with E-state index in [-0.39, 0.29) is 0 Å². The largest absolute Gasteiger partial charge is 0.315 e. The Morgan fingerprint density at radius 3 is 2.42 bits per heavy atom. The highest BCUT2D eigenvalue weighted by atomic mass is 35.5. The van der Waals surface area contributed by atoms with E-state index in [4.69, 9.17) is 11.6 Å². The Morgan fingerprint density at radius 2 is 1.92 bits per heavy atom. The highest BCUT2D eigenvalue weighted by molar-refractivity contribution is 6.20. The second kappa shape index (κ2) is 7.88. The van der Waals surface area contributed by atoms with E-state index < -0.39 is 0 Å². The van der Waals surface area contributed by atoms with Crippen LogP contribution >= 0.6 is 11.6 Å². The van der Waals surface area contributed by atoms with E-state index in [1.54, 1.807) is 0 Å². The smallest absolute Gasteiger partial charge is 0.0458 e. The third kappa shape index (κ3) is 6.93. The normalized spacial score (nSPS) is 16.0. The third-order valence-corrected chi connectivity index (χ3v) is 2.55. The topological polar surface area (TPSA) is 12.0 Å². The lowest BCUT2D eigenvalue weighted by atomic mass is 10.1. The van der Waals surface area contributed by atoms with Gasteiger partial charge in [0.05, 0.1) is 0 Å². The molecule has 2 heteroatoms. The van der Waals surface area contributed by atoms with Gasteiger partial charge in [0.1, 0.15) is 0 Å². The van der Waals surface area contributed by atoms with Crippen LogP contribution in [0.4, 0.5) is 0 Å². The molecule has 0 amide bonds. The predicted molar refractivity (Wildman–Crippen MR) is 56.9 cm³/mol. The number of alkyl halides is 1. The maximum Gasteiger partial charge on any atom is 0.0458 e. The first-order valence-corrected chi connectivity index (χ1v) is 5.49. The SMILES string of the molecule is CCCC(C)CNCC(Cl)CC. The van der Waals surface area contributed by atoms with Crippen molar-refractivity contribution in [2.75, 3.05) is 13.1 Å². The van der Waals surface area contributed by atoms with Crippen LogP contribution in [-0.4, -0.2) is 18.5 Å². The molecule has 0 saturated carbocycles. The van der Waals surface area contributed by atoms with Gasteiger partial charge in [0.25, 0.3) is 0 Å². The molecular formula is C10H22ClN. The maximum atomic E-state index is 5.96. The predicted octanol–water partition coefficient (Wildman–Crippen LogP) is 3.03. The Bertz CT molecular complexity index is 95.8. The van der Waals surface area contributed by atoms with Crippen LogP contribution in [0.5, 0.6) is 0 Å². The van der Waals surface area contributed by atoms with Crippen molar-refractivity contribution in [1.29, 1.82) is 0 Å². The Morgan fingerprint density at radius 1 is 1.25 bits per heavy atom. The molecule has 0 aliphatic heterocycles. The number of rotatable bonds is 7. The van der Waals surface area contributed by atoms with Crippen LogP contribution < -0.4 is 5.32 Å². The van der Waals surface area contributed by atoms with Crippen molar-refractivity contribution < 1.29 is 0 Å². The Hall–Kier alpha value is 0.250. The standard InChI is InChI=1S/C10H22ClN/c1-4-6-9(3)7-12-8-10(11)5-2/h9-10,12H,4-8H2,1-3H3. The highest BCUT2D eigenvalue weighted by Crippen LogP contribution is 2.03. The Kier molecular flexibility index (Phi) is 8.04. The van der Waals surface area contributed by atoms with E-state index in [1.807, 2.05) is 0 Å². The monoisotopic (exact) mass is 191 g/mol. The molecule has 12 heavy (non-hydrogen) atoms. The lowest BCUT2D eigenvalue weighted by Crippen LogP contribution is -2.27. The lowest BCUT2D eigenvalue weighted by Gasteiger charge is -2.12. The molecule has 1 N–H and O–H groups in total. The summed E-state index contributed by atoms with van der Waals surface area (Å²) in [4.78, 5) is 0. The molecule has 0 radical (unpaired) electrons. The van der Waals surface area contributed by atoms with E-state index >= 15 is 0 Å². The summed E-state index contributed by atoms with van der Waals surface area (Å²) in [6.45, 7) is 8.69. The average Bonchev–Trinajstić information content (AvgIpc) is 2.04. The summed E-state index contributed by atoms with van der Waals surface area (Å²) in [5.74, 6) is 0.788. The summed E-state index contributed by atoms with van der Waals surface area (Å²) in [6.07, 6.45) is 3.64. The van der Waals surface area contributed by atoms with Gasteiger partial charge in [-0.05, 0) is 25.3 Å². The summed E-state index contributed by atoms with van der Waals surface area (Å²) < 4.78 is 0. The van der Waals surface area contributed by atoms with Gasteiger partial charge in [0.15, 0.2) is 0 Å². The van der Waals surface area contributed by atoms with Crippen molar-refractivity contribution in [3.05, 3.63) is 0 Å². The van der Waals surface area contributed by atoms with Gasteiger partial charge in [-0.3, -0.25) is 0 Å². The zero-order valence-corrected chi connectivity index (χ0v) is 9.32. The molecule has 1 nitrogen and oxygen atoms in total. The zero-order chi connectivity index (χ0) is 9.40. The summed E-state index contributed by atoms with van der Waals surface area (Å²) in [5.41, 5.74) is 0. The van der Waals surface area contributed by atoms with Gasteiger partial charge in [-0.15, -0.1) is 11.6 Å². The molecule has 0 spiro atoms. The van der Waals surface area contributed by atoms with Gasteiger partial charge in [0, 0.05) is 11.9 Å². The first kappa shape index (κ1) is 12.2. The summed E-state index contributed by atoms with van der Waals surface area (Å²) >= 11 is 5.96. The van der Waals surface area contributed by atoms with E-state index in [1.165, 1.54) is 12.8 Å².